The largest absolute Gasteiger partial charge is 0.459 e. The first-order chi connectivity index (χ1) is 10.7. The van der Waals surface area contributed by atoms with Gasteiger partial charge in [-0.3, -0.25) is 9.59 Å². The van der Waals surface area contributed by atoms with E-state index in [0.29, 0.717) is 5.69 Å². The van der Waals surface area contributed by atoms with Crippen molar-refractivity contribution in [1.82, 2.24) is 4.98 Å². The fourth-order valence-electron chi connectivity index (χ4n) is 1.77. The lowest BCUT2D eigenvalue weighted by atomic mass is 10.3. The van der Waals surface area contributed by atoms with E-state index in [1.165, 1.54) is 30.9 Å². The molecule has 0 spiro atoms. The number of pyridine rings is 1. The Bertz CT molecular complexity index is 712. The van der Waals surface area contributed by atoms with Crippen molar-refractivity contribution >= 4 is 23.3 Å². The lowest BCUT2D eigenvalue weighted by Gasteiger charge is -2.09. The number of furan rings is 2. The fraction of sp³-hybridized carbons (Fsp3) is 0. The maximum atomic E-state index is 12.0. The van der Waals surface area contributed by atoms with Crippen molar-refractivity contribution in [3.8, 4) is 0 Å². The molecule has 2 amide bonds. The Balaban J connectivity index is 1.78. The summed E-state index contributed by atoms with van der Waals surface area (Å²) in [7, 11) is 0. The van der Waals surface area contributed by atoms with Crippen LogP contribution in [0.15, 0.2) is 64.0 Å². The summed E-state index contributed by atoms with van der Waals surface area (Å²) in [5.41, 5.74) is 0.351. The molecule has 3 aromatic rings. The second-order valence-corrected chi connectivity index (χ2v) is 4.26. The minimum atomic E-state index is -0.461. The Morgan fingerprint density at radius 3 is 2.09 bits per heavy atom. The highest BCUT2D eigenvalue weighted by molar-refractivity contribution is 6.07. The van der Waals surface area contributed by atoms with E-state index in [1.54, 1.807) is 24.3 Å². The van der Waals surface area contributed by atoms with Crippen LogP contribution in [0, 0.1) is 0 Å². The third kappa shape index (κ3) is 2.88. The molecule has 0 radical (unpaired) electrons. The second-order valence-electron chi connectivity index (χ2n) is 4.26. The molecule has 0 aliphatic carbocycles. The summed E-state index contributed by atoms with van der Waals surface area (Å²) in [6.07, 6.45) is 4.30. The standard InChI is InChI=1S/C15H11N3O4/c19-14(11-5-2-8-21-11)17-10-4-1-7-16-13(10)18-15(20)12-6-3-9-22-12/h1-9H,(H,17,19)(H,16,18,20). The molecule has 0 aliphatic heterocycles. The summed E-state index contributed by atoms with van der Waals surface area (Å²) in [6.45, 7) is 0. The summed E-state index contributed by atoms with van der Waals surface area (Å²) < 4.78 is 10.0. The number of rotatable bonds is 4. The zero-order valence-electron chi connectivity index (χ0n) is 11.3. The number of carbonyl (C=O) groups excluding carboxylic acids is 2. The lowest BCUT2D eigenvalue weighted by Crippen LogP contribution is -2.17. The highest BCUT2D eigenvalue weighted by Gasteiger charge is 2.15. The molecule has 7 nitrogen and oxygen atoms in total. The third-order valence-corrected chi connectivity index (χ3v) is 2.78. The zero-order chi connectivity index (χ0) is 15.4. The zero-order valence-corrected chi connectivity index (χ0v) is 11.3. The van der Waals surface area contributed by atoms with Crippen LogP contribution >= 0.6 is 0 Å². The normalized spacial score (nSPS) is 10.2. The molecule has 0 atom stereocenters. The number of amides is 2. The van der Waals surface area contributed by atoms with E-state index in [1.807, 2.05) is 0 Å². The van der Waals surface area contributed by atoms with Crippen molar-refractivity contribution in [3.05, 3.63) is 66.6 Å². The molecule has 0 bridgehead atoms. The highest BCUT2D eigenvalue weighted by Crippen LogP contribution is 2.20. The molecule has 22 heavy (non-hydrogen) atoms. The number of hydrogen-bond donors (Lipinski definition) is 2. The predicted molar refractivity (Wildman–Crippen MR) is 77.6 cm³/mol. The maximum Gasteiger partial charge on any atom is 0.292 e. The van der Waals surface area contributed by atoms with E-state index in [2.05, 4.69) is 15.6 Å². The van der Waals surface area contributed by atoms with Crippen molar-refractivity contribution in [2.45, 2.75) is 0 Å². The number of carbonyl (C=O) groups is 2. The topological polar surface area (TPSA) is 97.4 Å². The van der Waals surface area contributed by atoms with Gasteiger partial charge in [-0.2, -0.15) is 0 Å². The van der Waals surface area contributed by atoms with E-state index >= 15 is 0 Å². The minimum absolute atomic E-state index is 0.147. The average molecular weight is 297 g/mol. The molecule has 3 aromatic heterocycles. The molecule has 2 N–H and O–H groups in total. The van der Waals surface area contributed by atoms with Gasteiger partial charge in [0.25, 0.3) is 11.8 Å². The molecule has 3 heterocycles. The van der Waals surface area contributed by atoms with Gasteiger partial charge in [-0.25, -0.2) is 4.98 Å². The first kappa shape index (κ1) is 13.6. The third-order valence-electron chi connectivity index (χ3n) is 2.78. The number of anilines is 2. The molecule has 0 aliphatic rings. The van der Waals surface area contributed by atoms with Gasteiger partial charge in [-0.05, 0) is 36.4 Å². The molecular formula is C15H11N3O4. The second kappa shape index (κ2) is 5.96. The van der Waals surface area contributed by atoms with Crippen molar-refractivity contribution < 1.29 is 18.4 Å². The van der Waals surface area contributed by atoms with Crippen LogP contribution in [0.25, 0.3) is 0 Å². The van der Waals surface area contributed by atoms with E-state index in [-0.39, 0.29) is 17.3 Å². The van der Waals surface area contributed by atoms with Crippen LogP contribution < -0.4 is 10.6 Å². The predicted octanol–water partition coefficient (Wildman–Crippen LogP) is 2.77. The Labute approximate surface area is 125 Å². The van der Waals surface area contributed by atoms with Crippen molar-refractivity contribution in [2.75, 3.05) is 10.6 Å². The minimum Gasteiger partial charge on any atom is -0.459 e. The summed E-state index contributed by atoms with van der Waals surface area (Å²) in [5, 5.41) is 5.20. The first-order valence-corrected chi connectivity index (χ1v) is 6.39. The van der Waals surface area contributed by atoms with Crippen LogP contribution in [-0.4, -0.2) is 16.8 Å². The van der Waals surface area contributed by atoms with Crippen LogP contribution in [0.5, 0.6) is 0 Å². The molecule has 0 saturated carbocycles. The van der Waals surface area contributed by atoms with Crippen LogP contribution in [-0.2, 0) is 0 Å². The van der Waals surface area contributed by atoms with Crippen LogP contribution in [0.3, 0.4) is 0 Å². The summed E-state index contributed by atoms with van der Waals surface area (Å²) in [5.74, 6) is -0.381. The van der Waals surface area contributed by atoms with Crippen molar-refractivity contribution in [1.29, 1.82) is 0 Å². The molecule has 3 rings (SSSR count). The molecule has 110 valence electrons. The Morgan fingerprint density at radius 1 is 0.864 bits per heavy atom. The van der Waals surface area contributed by atoms with Gasteiger partial charge in [0.15, 0.2) is 17.3 Å². The maximum absolute atomic E-state index is 12.0. The van der Waals surface area contributed by atoms with Gasteiger partial charge in [0.2, 0.25) is 0 Å². The quantitative estimate of drug-likeness (QED) is 0.771. The van der Waals surface area contributed by atoms with E-state index in [9.17, 15) is 9.59 Å². The van der Waals surface area contributed by atoms with Crippen molar-refractivity contribution in [2.24, 2.45) is 0 Å². The van der Waals surface area contributed by atoms with E-state index < -0.39 is 11.8 Å². The van der Waals surface area contributed by atoms with Gasteiger partial charge in [-0.1, -0.05) is 0 Å². The SMILES string of the molecule is O=C(Nc1cccnc1NC(=O)c1ccco1)c1ccco1. The molecule has 0 aromatic carbocycles. The summed E-state index contributed by atoms with van der Waals surface area (Å²) in [4.78, 5) is 28.0. The van der Waals surface area contributed by atoms with E-state index in [4.69, 9.17) is 8.83 Å². The Hall–Kier alpha value is -3.35. The van der Waals surface area contributed by atoms with Crippen LogP contribution in [0.2, 0.25) is 0 Å². The number of nitrogens with zero attached hydrogens (tertiary/aromatic N) is 1. The Kier molecular flexibility index (Phi) is 3.69. The summed E-state index contributed by atoms with van der Waals surface area (Å²) in [6, 6.07) is 9.53. The monoisotopic (exact) mass is 297 g/mol. The smallest absolute Gasteiger partial charge is 0.292 e. The number of nitrogens with one attached hydrogen (secondary N) is 2. The first-order valence-electron chi connectivity index (χ1n) is 6.39. The molecule has 7 heteroatoms. The molecular weight excluding hydrogens is 286 g/mol. The number of hydrogen-bond acceptors (Lipinski definition) is 5. The van der Waals surface area contributed by atoms with Gasteiger partial charge in [-0.15, -0.1) is 0 Å². The van der Waals surface area contributed by atoms with Crippen molar-refractivity contribution in [3.63, 3.8) is 0 Å². The van der Waals surface area contributed by atoms with Crippen LogP contribution in [0.1, 0.15) is 21.1 Å². The summed E-state index contributed by atoms with van der Waals surface area (Å²) >= 11 is 0. The molecule has 0 saturated heterocycles. The average Bonchev–Trinajstić information content (AvgIpc) is 3.23. The number of aromatic nitrogens is 1. The fourth-order valence-corrected chi connectivity index (χ4v) is 1.77. The molecule has 0 fully saturated rings. The van der Waals surface area contributed by atoms with Gasteiger partial charge < -0.3 is 19.5 Å². The highest BCUT2D eigenvalue weighted by atomic mass is 16.3. The van der Waals surface area contributed by atoms with Gasteiger partial charge >= 0.3 is 0 Å². The molecule has 0 unspecified atom stereocenters. The van der Waals surface area contributed by atoms with Crippen LogP contribution in [0.4, 0.5) is 11.5 Å². The lowest BCUT2D eigenvalue weighted by molar-refractivity contribution is 0.0986. The van der Waals surface area contributed by atoms with E-state index in [0.717, 1.165) is 0 Å². The van der Waals surface area contributed by atoms with Gasteiger partial charge in [0, 0.05) is 6.20 Å². The van der Waals surface area contributed by atoms with Gasteiger partial charge in [0.05, 0.1) is 18.2 Å². The Morgan fingerprint density at radius 2 is 1.50 bits per heavy atom. The van der Waals surface area contributed by atoms with Gasteiger partial charge in [0.1, 0.15) is 0 Å².